The van der Waals surface area contributed by atoms with Crippen molar-refractivity contribution in [2.24, 2.45) is 7.05 Å². The van der Waals surface area contributed by atoms with E-state index in [2.05, 4.69) is 15.5 Å². The van der Waals surface area contributed by atoms with E-state index < -0.39 is 17.8 Å². The molecule has 0 spiro atoms. The molecule has 2 aromatic heterocycles. The van der Waals surface area contributed by atoms with Crippen LogP contribution in [0.2, 0.25) is 0 Å². The van der Waals surface area contributed by atoms with Crippen molar-refractivity contribution in [1.82, 2.24) is 20.0 Å². The Hall–Kier alpha value is -2.32. The second kappa shape index (κ2) is 4.61. The molecule has 21 heavy (non-hydrogen) atoms. The Morgan fingerprint density at radius 1 is 1.48 bits per heavy atom. The van der Waals surface area contributed by atoms with Gasteiger partial charge in [0.15, 0.2) is 5.82 Å². The largest absolute Gasteiger partial charge is 0.432 e. The molecule has 0 atom stereocenters. The third kappa shape index (κ3) is 2.63. The lowest BCUT2D eigenvalue weighted by molar-refractivity contribution is -0.141. The van der Waals surface area contributed by atoms with Crippen molar-refractivity contribution in [3.63, 3.8) is 0 Å². The molecule has 6 nitrogen and oxygen atoms in total. The number of halogens is 3. The summed E-state index contributed by atoms with van der Waals surface area (Å²) >= 11 is 0. The normalized spacial score (nSPS) is 15.2. The van der Waals surface area contributed by atoms with Gasteiger partial charge < -0.3 is 5.32 Å². The second-order valence-electron chi connectivity index (χ2n) is 4.97. The van der Waals surface area contributed by atoms with Crippen LogP contribution in [0.1, 0.15) is 40.5 Å². The average molecular weight is 299 g/mol. The number of alkyl halides is 3. The average Bonchev–Trinajstić information content (AvgIpc) is 2.99. The van der Waals surface area contributed by atoms with Crippen molar-refractivity contribution in [2.75, 3.05) is 5.32 Å². The first-order valence-corrected chi connectivity index (χ1v) is 6.32. The fraction of sp³-hybridized carbons (Fsp3) is 0.417. The van der Waals surface area contributed by atoms with Gasteiger partial charge in [0, 0.05) is 18.7 Å². The van der Waals surface area contributed by atoms with Crippen molar-refractivity contribution in [3.05, 3.63) is 29.2 Å². The number of nitrogens with one attached hydrogen (secondary N) is 2. The molecule has 1 amide bonds. The number of hydrogen-bond acceptors (Lipinski definition) is 3. The van der Waals surface area contributed by atoms with E-state index in [1.807, 2.05) is 5.10 Å². The van der Waals surface area contributed by atoms with Crippen LogP contribution in [0.15, 0.2) is 12.3 Å². The number of hydrogen-bond donors (Lipinski definition) is 2. The van der Waals surface area contributed by atoms with Gasteiger partial charge in [-0.1, -0.05) is 0 Å². The molecule has 3 rings (SSSR count). The highest BCUT2D eigenvalue weighted by molar-refractivity contribution is 6.03. The van der Waals surface area contributed by atoms with Gasteiger partial charge in [0.2, 0.25) is 0 Å². The third-order valence-corrected chi connectivity index (χ3v) is 3.32. The van der Waals surface area contributed by atoms with Crippen molar-refractivity contribution >= 4 is 11.7 Å². The van der Waals surface area contributed by atoms with Crippen LogP contribution in [0.3, 0.4) is 0 Å². The molecule has 0 aromatic carbocycles. The van der Waals surface area contributed by atoms with Gasteiger partial charge in [-0.05, 0) is 18.8 Å². The molecule has 9 heteroatoms. The van der Waals surface area contributed by atoms with Crippen LogP contribution in [0.5, 0.6) is 0 Å². The molecule has 2 heterocycles. The molecule has 0 unspecified atom stereocenters. The van der Waals surface area contributed by atoms with Gasteiger partial charge in [-0.15, -0.1) is 0 Å². The minimum absolute atomic E-state index is 0.171. The lowest BCUT2D eigenvalue weighted by Crippen LogP contribution is -2.18. The molecule has 1 aliphatic rings. The zero-order valence-electron chi connectivity index (χ0n) is 11.0. The fourth-order valence-corrected chi connectivity index (χ4v) is 2.13. The number of rotatable bonds is 3. The molecule has 2 N–H and O–H groups in total. The van der Waals surface area contributed by atoms with E-state index in [-0.39, 0.29) is 5.82 Å². The molecule has 0 bridgehead atoms. The number of carbonyl (C=O) groups excluding carboxylic acids is 1. The maximum atomic E-state index is 12.5. The molecular formula is C12H12F3N5O. The predicted octanol–water partition coefficient (Wildman–Crippen LogP) is 2.29. The Labute approximate surface area is 117 Å². The van der Waals surface area contributed by atoms with Gasteiger partial charge in [-0.3, -0.25) is 14.6 Å². The van der Waals surface area contributed by atoms with Gasteiger partial charge in [0.05, 0.1) is 6.20 Å². The summed E-state index contributed by atoms with van der Waals surface area (Å²) in [6, 6.07) is 0.755. The topological polar surface area (TPSA) is 75.6 Å². The standard InChI is InChI=1S/C12H12F3N5O/c1-20-10(7(5-16-20)6-2-3-6)11(21)17-9-4-8(18-19-9)12(13,14)15/h4-6H,2-3H2,1H3,(H2,17,18,19,21). The Balaban J connectivity index is 1.80. The summed E-state index contributed by atoms with van der Waals surface area (Å²) in [6.07, 6.45) is -0.918. The molecule has 2 aromatic rings. The van der Waals surface area contributed by atoms with E-state index in [0.717, 1.165) is 24.5 Å². The Morgan fingerprint density at radius 2 is 2.19 bits per heavy atom. The maximum Gasteiger partial charge on any atom is 0.432 e. The Morgan fingerprint density at radius 3 is 2.76 bits per heavy atom. The second-order valence-corrected chi connectivity index (χ2v) is 4.97. The minimum Gasteiger partial charge on any atom is -0.304 e. The van der Waals surface area contributed by atoms with Crippen LogP contribution in [0, 0.1) is 0 Å². The zero-order chi connectivity index (χ0) is 15.2. The molecule has 1 aliphatic carbocycles. The highest BCUT2D eigenvalue weighted by atomic mass is 19.4. The van der Waals surface area contributed by atoms with Gasteiger partial charge in [0.1, 0.15) is 11.4 Å². The third-order valence-electron chi connectivity index (χ3n) is 3.32. The lowest BCUT2D eigenvalue weighted by atomic mass is 10.1. The number of nitrogens with zero attached hydrogens (tertiary/aromatic N) is 3. The number of aryl methyl sites for hydroxylation is 1. The first-order chi connectivity index (χ1) is 9.86. The maximum absolute atomic E-state index is 12.5. The molecule has 1 saturated carbocycles. The molecule has 0 aliphatic heterocycles. The van der Waals surface area contributed by atoms with Crippen LogP contribution < -0.4 is 5.32 Å². The lowest BCUT2D eigenvalue weighted by Gasteiger charge is -2.05. The quantitative estimate of drug-likeness (QED) is 0.913. The molecular weight excluding hydrogens is 287 g/mol. The van der Waals surface area contributed by atoms with E-state index >= 15 is 0 Å². The summed E-state index contributed by atoms with van der Waals surface area (Å²) in [5, 5.41) is 11.7. The van der Waals surface area contributed by atoms with Crippen LogP contribution in [-0.4, -0.2) is 25.9 Å². The van der Waals surface area contributed by atoms with Crippen LogP contribution in [0.4, 0.5) is 19.0 Å². The summed E-state index contributed by atoms with van der Waals surface area (Å²) in [7, 11) is 1.62. The summed E-state index contributed by atoms with van der Waals surface area (Å²) in [4.78, 5) is 12.2. The molecule has 1 fully saturated rings. The van der Waals surface area contributed by atoms with Crippen LogP contribution in [-0.2, 0) is 13.2 Å². The Bertz CT molecular complexity index is 683. The number of aromatic amines is 1. The summed E-state index contributed by atoms with van der Waals surface area (Å²) in [5.74, 6) is -0.378. The van der Waals surface area contributed by atoms with Crippen molar-refractivity contribution in [2.45, 2.75) is 24.9 Å². The summed E-state index contributed by atoms with van der Waals surface area (Å²) < 4.78 is 38.8. The van der Waals surface area contributed by atoms with Crippen LogP contribution in [0.25, 0.3) is 0 Å². The first kappa shape index (κ1) is 13.7. The minimum atomic E-state index is -4.53. The highest BCUT2D eigenvalue weighted by Gasteiger charge is 2.34. The van der Waals surface area contributed by atoms with Crippen molar-refractivity contribution in [1.29, 1.82) is 0 Å². The molecule has 0 saturated heterocycles. The Kier molecular flexibility index (Phi) is 2.99. The van der Waals surface area contributed by atoms with Crippen LogP contribution >= 0.6 is 0 Å². The summed E-state index contributed by atoms with van der Waals surface area (Å²) in [6.45, 7) is 0. The van der Waals surface area contributed by atoms with Gasteiger partial charge in [-0.2, -0.15) is 23.4 Å². The zero-order valence-corrected chi connectivity index (χ0v) is 11.0. The number of aromatic nitrogens is 4. The predicted molar refractivity (Wildman–Crippen MR) is 66.7 cm³/mol. The van der Waals surface area contributed by atoms with Gasteiger partial charge in [-0.25, -0.2) is 0 Å². The molecule has 0 radical (unpaired) electrons. The van der Waals surface area contributed by atoms with E-state index in [0.29, 0.717) is 11.6 Å². The van der Waals surface area contributed by atoms with Crippen molar-refractivity contribution < 1.29 is 18.0 Å². The fourth-order valence-electron chi connectivity index (χ4n) is 2.13. The first-order valence-electron chi connectivity index (χ1n) is 6.32. The van der Waals surface area contributed by atoms with E-state index in [9.17, 15) is 18.0 Å². The highest BCUT2D eigenvalue weighted by Crippen LogP contribution is 2.41. The number of anilines is 1. The van der Waals surface area contributed by atoms with Crippen molar-refractivity contribution in [3.8, 4) is 0 Å². The monoisotopic (exact) mass is 299 g/mol. The van der Waals surface area contributed by atoms with Gasteiger partial charge >= 0.3 is 6.18 Å². The van der Waals surface area contributed by atoms with E-state index in [1.54, 1.807) is 13.2 Å². The number of carbonyl (C=O) groups is 1. The molecule has 112 valence electrons. The van der Waals surface area contributed by atoms with E-state index in [4.69, 9.17) is 0 Å². The van der Waals surface area contributed by atoms with Gasteiger partial charge in [0.25, 0.3) is 5.91 Å². The van der Waals surface area contributed by atoms with E-state index in [1.165, 1.54) is 4.68 Å². The smallest absolute Gasteiger partial charge is 0.304 e. The number of H-pyrrole nitrogens is 1. The number of amides is 1. The SMILES string of the molecule is Cn1ncc(C2CC2)c1C(=O)Nc1cc(C(F)(F)F)[nH]n1. The summed E-state index contributed by atoms with van der Waals surface area (Å²) in [5.41, 5.74) is 0.167.